The average Bonchev–Trinajstić information content (AvgIpc) is 3.68. The summed E-state index contributed by atoms with van der Waals surface area (Å²) >= 11 is 5.98. The maximum Gasteiger partial charge on any atom is 0.259 e. The normalized spacial score (nSPS) is 34.2. The lowest BCUT2D eigenvalue weighted by Gasteiger charge is -2.49. The number of aliphatic hydroxyl groups is 4. The average molecular weight is 836 g/mol. The molecule has 2 saturated heterocycles. The van der Waals surface area contributed by atoms with Gasteiger partial charge >= 0.3 is 0 Å². The minimum atomic E-state index is -1.47. The summed E-state index contributed by atoms with van der Waals surface area (Å²) in [6.07, 6.45) is -6.74. The van der Waals surface area contributed by atoms with E-state index in [4.69, 9.17) is 64.0 Å². The van der Waals surface area contributed by atoms with Crippen LogP contribution in [-0.2, 0) is 30.1 Å². The van der Waals surface area contributed by atoms with Crippen molar-refractivity contribution in [1.82, 2.24) is 15.0 Å². The molecule has 16 N–H and O–H groups in total. The second-order valence-corrected chi connectivity index (χ2v) is 15.3. The summed E-state index contributed by atoms with van der Waals surface area (Å²) in [7, 11) is 0. The van der Waals surface area contributed by atoms with Crippen LogP contribution in [0.15, 0.2) is 48.7 Å². The van der Waals surface area contributed by atoms with E-state index in [0.717, 1.165) is 5.69 Å². The van der Waals surface area contributed by atoms with Gasteiger partial charge in [-0.1, -0.05) is 16.8 Å². The first-order chi connectivity index (χ1) is 27.8. The van der Waals surface area contributed by atoms with Gasteiger partial charge in [0.05, 0.1) is 54.0 Å². The summed E-state index contributed by atoms with van der Waals surface area (Å²) in [4.78, 5) is 12.7. The Kier molecular flexibility index (Phi) is 15.0. The Morgan fingerprint density at radius 2 is 1.59 bits per heavy atom. The highest BCUT2D eigenvalue weighted by atomic mass is 35.5. The highest BCUT2D eigenvalue weighted by molar-refractivity contribution is 6.31. The number of rotatable bonds is 15. The summed E-state index contributed by atoms with van der Waals surface area (Å²) in [5.41, 5.74) is 33.4. The van der Waals surface area contributed by atoms with Crippen molar-refractivity contribution in [2.24, 2.45) is 28.7 Å². The lowest BCUT2D eigenvalue weighted by Crippen LogP contribution is -2.68. The van der Waals surface area contributed by atoms with Gasteiger partial charge in [0, 0.05) is 35.9 Å². The molecule has 0 spiro atoms. The van der Waals surface area contributed by atoms with Gasteiger partial charge in [-0.3, -0.25) is 4.79 Å². The molecule has 3 fully saturated rings. The number of nitrogens with zero attached hydrogens (tertiary/aromatic N) is 3. The lowest BCUT2D eigenvalue weighted by molar-refractivity contribution is -0.318. The van der Waals surface area contributed by atoms with E-state index in [9.17, 15) is 30.3 Å². The van der Waals surface area contributed by atoms with Crippen LogP contribution in [0.4, 0.5) is 5.69 Å². The number of benzene rings is 2. The van der Waals surface area contributed by atoms with Gasteiger partial charge in [0.1, 0.15) is 42.4 Å². The van der Waals surface area contributed by atoms with E-state index in [1.165, 1.54) is 18.2 Å². The van der Waals surface area contributed by atoms with Crippen molar-refractivity contribution in [3.05, 3.63) is 64.9 Å². The SMILES string of the molecule is NC[C@H]1O[C@H](O[C@H]2[C@H](OCCCCc3cn(-c4ccc(NC(=O)c5cc(Cl)ccc5O)cc4)nn3)[C@@H](O[C@H]3O[C@H](CO)[C@@H](O)[C@H](N)[C@H]3O)[C@H](N)C[C@@H]2N)[C@H](N)C[C@@H]1O. The van der Waals surface area contributed by atoms with E-state index >= 15 is 0 Å². The number of anilines is 1. The monoisotopic (exact) mass is 835 g/mol. The van der Waals surface area contributed by atoms with Gasteiger partial charge < -0.3 is 83.2 Å². The number of halogens is 1. The smallest absolute Gasteiger partial charge is 0.259 e. The number of hydrogen-bond acceptors (Lipinski definition) is 18. The van der Waals surface area contributed by atoms with Gasteiger partial charge in [-0.15, -0.1) is 5.10 Å². The fourth-order valence-electron chi connectivity index (χ4n) is 7.35. The van der Waals surface area contributed by atoms with Gasteiger partial charge in [0.15, 0.2) is 12.6 Å². The molecule has 6 rings (SSSR count). The van der Waals surface area contributed by atoms with E-state index in [1.54, 1.807) is 35.1 Å². The highest BCUT2D eigenvalue weighted by Gasteiger charge is 2.51. The maximum absolute atomic E-state index is 12.7. The first-order valence-electron chi connectivity index (χ1n) is 19.2. The molecular weight excluding hydrogens is 782 g/mol. The molecule has 0 radical (unpaired) electrons. The summed E-state index contributed by atoms with van der Waals surface area (Å²) < 4.78 is 32.3. The Labute approximate surface area is 339 Å². The van der Waals surface area contributed by atoms with Gasteiger partial charge in [-0.2, -0.15) is 0 Å². The van der Waals surface area contributed by atoms with E-state index in [0.29, 0.717) is 35.7 Å². The number of amides is 1. The Bertz CT molecular complexity index is 1790. The minimum Gasteiger partial charge on any atom is -0.507 e. The zero-order valence-corrected chi connectivity index (χ0v) is 32.4. The molecule has 1 aromatic heterocycles. The second-order valence-electron chi connectivity index (χ2n) is 14.9. The molecule has 0 bridgehead atoms. The zero-order chi connectivity index (χ0) is 41.7. The molecule has 3 aliphatic rings. The number of aryl methyl sites for hydroxylation is 1. The van der Waals surface area contributed by atoms with Crippen LogP contribution in [0.5, 0.6) is 5.75 Å². The number of unbranched alkanes of at least 4 members (excludes halogenated alkanes) is 1. The van der Waals surface area contributed by atoms with E-state index in [2.05, 4.69) is 15.6 Å². The Morgan fingerprint density at radius 3 is 2.28 bits per heavy atom. The van der Waals surface area contributed by atoms with Crippen LogP contribution in [-0.4, -0.2) is 152 Å². The Morgan fingerprint density at radius 1 is 0.897 bits per heavy atom. The molecule has 1 saturated carbocycles. The number of ether oxygens (including phenoxy) is 5. The second kappa shape index (κ2) is 19.8. The number of aromatic hydroxyl groups is 1. The predicted octanol–water partition coefficient (Wildman–Crippen LogP) is -2.06. The van der Waals surface area contributed by atoms with Crippen molar-refractivity contribution in [3.63, 3.8) is 0 Å². The van der Waals surface area contributed by atoms with Crippen LogP contribution in [0.1, 0.15) is 41.7 Å². The summed E-state index contributed by atoms with van der Waals surface area (Å²) in [6.45, 7) is -0.336. The molecule has 0 unspecified atom stereocenters. The lowest BCUT2D eigenvalue weighted by atomic mass is 9.84. The Hall–Kier alpha value is -3.42. The van der Waals surface area contributed by atoms with Crippen molar-refractivity contribution < 1.29 is 54.0 Å². The quantitative estimate of drug-likeness (QED) is 0.0734. The fourth-order valence-corrected chi connectivity index (χ4v) is 7.52. The topological polar surface area (TPSA) is 337 Å². The van der Waals surface area contributed by atoms with Crippen LogP contribution >= 0.6 is 11.6 Å². The summed E-state index contributed by atoms with van der Waals surface area (Å²) in [5, 5.41) is 63.0. The highest BCUT2D eigenvalue weighted by Crippen LogP contribution is 2.33. The molecule has 1 amide bonds. The molecule has 320 valence electrons. The standard InChI is InChI=1S/C37H54ClN9O11/c38-17-4-9-25(49)21(11-17)35(53)44-18-5-7-20(8-6-18)47-15-19(45-46-47)3-1-2-10-54-34-32(57-36-24(42)13-26(50)27(14-39)55-36)22(40)12-23(41)33(34)58-37-31(52)29(43)30(51)28(16-48)56-37/h4-9,11,15,22-24,26-34,36-37,48-52H,1-3,10,12-14,16,39-43H2,(H,44,53)/t22-,23+,24+,26-,27+,28+,29-,30+,31+,32+,33-,34-,36+,37+/m0/s1. The molecule has 14 atom stereocenters. The Balaban J connectivity index is 1.08. The van der Waals surface area contributed by atoms with Gasteiger partial charge in [-0.25, -0.2) is 4.68 Å². The molecule has 3 heterocycles. The molecule has 20 nitrogen and oxygen atoms in total. The number of hydrogen-bond donors (Lipinski definition) is 11. The van der Waals surface area contributed by atoms with Crippen LogP contribution in [0.3, 0.4) is 0 Å². The van der Waals surface area contributed by atoms with Crippen molar-refractivity contribution in [2.75, 3.05) is 25.1 Å². The third kappa shape index (κ3) is 10.3. The van der Waals surface area contributed by atoms with Crippen molar-refractivity contribution in [1.29, 1.82) is 0 Å². The number of nitrogens with two attached hydrogens (primary N) is 5. The first-order valence-corrected chi connectivity index (χ1v) is 19.6. The minimum absolute atomic E-state index is 0.0358. The number of aliphatic hydroxyl groups excluding tert-OH is 4. The van der Waals surface area contributed by atoms with E-state index in [1.807, 2.05) is 0 Å². The number of carbonyl (C=O) groups is 1. The van der Waals surface area contributed by atoms with Gasteiger partial charge in [-0.05, 0) is 74.6 Å². The fraction of sp³-hybridized carbons (Fsp3) is 0.595. The van der Waals surface area contributed by atoms with Crippen molar-refractivity contribution in [3.8, 4) is 11.4 Å². The zero-order valence-electron chi connectivity index (χ0n) is 31.7. The largest absolute Gasteiger partial charge is 0.507 e. The molecule has 1 aliphatic carbocycles. The summed E-state index contributed by atoms with van der Waals surface area (Å²) in [6, 6.07) is 7.86. The van der Waals surface area contributed by atoms with E-state index < -0.39 is 98.1 Å². The number of phenolic OH excluding ortho intramolecular Hbond substituents is 1. The number of nitrogens with one attached hydrogen (secondary N) is 1. The molecular formula is C37H54ClN9O11. The first kappa shape index (κ1) is 44.1. The van der Waals surface area contributed by atoms with Crippen LogP contribution < -0.4 is 34.0 Å². The maximum atomic E-state index is 12.7. The van der Waals surface area contributed by atoms with Gasteiger partial charge in [0.25, 0.3) is 5.91 Å². The predicted molar refractivity (Wildman–Crippen MR) is 207 cm³/mol. The third-order valence-electron chi connectivity index (χ3n) is 10.7. The van der Waals surface area contributed by atoms with Crippen LogP contribution in [0, 0.1) is 0 Å². The number of aromatic nitrogens is 3. The molecule has 2 aliphatic heterocycles. The van der Waals surface area contributed by atoms with Crippen molar-refractivity contribution in [2.45, 2.75) is 118 Å². The molecule has 21 heteroatoms. The molecule has 58 heavy (non-hydrogen) atoms. The van der Waals surface area contributed by atoms with Crippen LogP contribution in [0.25, 0.3) is 5.69 Å². The van der Waals surface area contributed by atoms with Crippen molar-refractivity contribution >= 4 is 23.2 Å². The number of carbonyl (C=O) groups excluding carboxylic acids is 1. The van der Waals surface area contributed by atoms with Crippen LogP contribution in [0.2, 0.25) is 5.02 Å². The number of phenols is 1. The molecule has 3 aromatic rings. The summed E-state index contributed by atoms with van der Waals surface area (Å²) in [5.74, 6) is -0.698. The third-order valence-corrected chi connectivity index (χ3v) is 10.9. The van der Waals surface area contributed by atoms with E-state index in [-0.39, 0.29) is 37.3 Å². The van der Waals surface area contributed by atoms with Gasteiger partial charge in [0.2, 0.25) is 0 Å². The molecule has 2 aromatic carbocycles.